The van der Waals surface area contributed by atoms with Gasteiger partial charge in [0.2, 0.25) is 0 Å². The summed E-state index contributed by atoms with van der Waals surface area (Å²) in [5, 5.41) is 3.51. The van der Waals surface area contributed by atoms with E-state index in [-0.39, 0.29) is 0 Å². The van der Waals surface area contributed by atoms with Gasteiger partial charge in [-0.15, -0.1) is 6.58 Å². The average molecular weight is 193 g/mol. The molecule has 78 valence electrons. The Balaban J connectivity index is 1.78. The highest BCUT2D eigenvalue weighted by molar-refractivity contribution is 5.82. The molecule has 1 N–H and O–H groups in total. The molecule has 0 aromatic heterocycles. The molecule has 2 bridgehead atoms. The van der Waals surface area contributed by atoms with E-state index in [4.69, 9.17) is 0 Å². The molecule has 2 heterocycles. The number of hydrogen-bond donors (Lipinski definition) is 1. The van der Waals surface area contributed by atoms with E-state index in [0.717, 1.165) is 25.7 Å². The Morgan fingerprint density at radius 1 is 1.50 bits per heavy atom. The van der Waals surface area contributed by atoms with Crippen LogP contribution in [0.2, 0.25) is 0 Å². The van der Waals surface area contributed by atoms with Crippen molar-refractivity contribution in [2.24, 2.45) is 5.92 Å². The van der Waals surface area contributed by atoms with Gasteiger partial charge in [0, 0.05) is 24.4 Å². The molecule has 2 aliphatic rings. The Hall–Kier alpha value is -0.630. The number of carbonyl (C=O) groups excluding carboxylic acids is 1. The second-order valence-corrected chi connectivity index (χ2v) is 4.54. The molecule has 14 heavy (non-hydrogen) atoms. The van der Waals surface area contributed by atoms with Crippen molar-refractivity contribution in [2.45, 2.75) is 50.6 Å². The van der Waals surface area contributed by atoms with E-state index in [2.05, 4.69) is 11.9 Å². The fraction of sp³-hybridized carbons (Fsp3) is 0.750. The summed E-state index contributed by atoms with van der Waals surface area (Å²) in [6, 6.07) is 1.16. The first kappa shape index (κ1) is 9.91. The Kier molecular flexibility index (Phi) is 3.02. The van der Waals surface area contributed by atoms with Crippen LogP contribution in [0.25, 0.3) is 0 Å². The number of carbonyl (C=O) groups is 1. The number of nitrogens with one attached hydrogen (secondary N) is 1. The lowest BCUT2D eigenvalue weighted by atomic mass is 9.84. The van der Waals surface area contributed by atoms with Gasteiger partial charge in [0.25, 0.3) is 0 Å². The predicted molar refractivity (Wildman–Crippen MR) is 57.1 cm³/mol. The van der Waals surface area contributed by atoms with Crippen molar-refractivity contribution < 1.29 is 4.79 Å². The van der Waals surface area contributed by atoms with Gasteiger partial charge in [-0.1, -0.05) is 6.08 Å². The topological polar surface area (TPSA) is 29.1 Å². The van der Waals surface area contributed by atoms with E-state index in [1.165, 1.54) is 12.8 Å². The largest absolute Gasteiger partial charge is 0.310 e. The van der Waals surface area contributed by atoms with Gasteiger partial charge < -0.3 is 5.32 Å². The number of ketones is 1. The number of hydrogen-bond acceptors (Lipinski definition) is 2. The monoisotopic (exact) mass is 193 g/mol. The molecule has 0 aliphatic carbocycles. The molecule has 0 radical (unpaired) electrons. The van der Waals surface area contributed by atoms with Gasteiger partial charge in [0.15, 0.2) is 0 Å². The predicted octanol–water partition coefficient (Wildman–Crippen LogP) is 2.05. The smallest absolute Gasteiger partial charge is 0.137 e. The Bertz CT molecular complexity index is 236. The van der Waals surface area contributed by atoms with E-state index in [9.17, 15) is 4.79 Å². The Morgan fingerprint density at radius 2 is 2.36 bits per heavy atom. The van der Waals surface area contributed by atoms with Gasteiger partial charge in [0.1, 0.15) is 5.78 Å². The molecule has 2 aliphatic heterocycles. The van der Waals surface area contributed by atoms with Crippen LogP contribution in [0.1, 0.15) is 38.5 Å². The highest BCUT2D eigenvalue weighted by Gasteiger charge is 2.41. The molecule has 2 nitrogen and oxygen atoms in total. The quantitative estimate of drug-likeness (QED) is 0.535. The zero-order valence-corrected chi connectivity index (χ0v) is 8.67. The van der Waals surface area contributed by atoms with Crippen LogP contribution in [-0.4, -0.2) is 17.9 Å². The van der Waals surface area contributed by atoms with Crippen LogP contribution < -0.4 is 5.32 Å². The highest BCUT2D eigenvalue weighted by atomic mass is 16.1. The molecule has 0 spiro atoms. The lowest BCUT2D eigenvalue weighted by Crippen LogP contribution is -2.28. The lowest BCUT2D eigenvalue weighted by molar-refractivity contribution is -0.123. The molecule has 2 rings (SSSR count). The van der Waals surface area contributed by atoms with Crippen molar-refractivity contribution in [3.63, 3.8) is 0 Å². The third-order valence-corrected chi connectivity index (χ3v) is 3.55. The van der Waals surface area contributed by atoms with Crippen molar-refractivity contribution in [2.75, 3.05) is 0 Å². The standard InChI is InChI=1S/C12H19NO/c1-2-3-4-5-12(14)10-8-9-6-7-11(10)13-9/h2,9-11,13H,1,3-8H2. The second-order valence-electron chi connectivity index (χ2n) is 4.54. The van der Waals surface area contributed by atoms with Gasteiger partial charge in [-0.05, 0) is 32.1 Å². The normalized spacial score (nSPS) is 34.7. The first-order chi connectivity index (χ1) is 6.81. The van der Waals surface area contributed by atoms with Gasteiger partial charge >= 0.3 is 0 Å². The van der Waals surface area contributed by atoms with Gasteiger partial charge in [-0.2, -0.15) is 0 Å². The van der Waals surface area contributed by atoms with Crippen molar-refractivity contribution in [3.8, 4) is 0 Å². The third kappa shape index (κ3) is 1.90. The summed E-state index contributed by atoms with van der Waals surface area (Å²) in [5.74, 6) is 0.810. The molecular weight excluding hydrogens is 174 g/mol. The summed E-state index contributed by atoms with van der Waals surface area (Å²) in [6.45, 7) is 3.67. The number of Topliss-reactive ketones (excluding diaryl/α,β-unsaturated/α-hetero) is 1. The Labute approximate surface area is 85.8 Å². The van der Waals surface area contributed by atoms with Crippen LogP contribution in [0.3, 0.4) is 0 Å². The van der Waals surface area contributed by atoms with E-state index < -0.39 is 0 Å². The maximum Gasteiger partial charge on any atom is 0.137 e. The van der Waals surface area contributed by atoms with Crippen LogP contribution >= 0.6 is 0 Å². The van der Waals surface area contributed by atoms with Crippen molar-refractivity contribution in [1.82, 2.24) is 5.32 Å². The fourth-order valence-corrected chi connectivity index (χ4v) is 2.79. The maximum atomic E-state index is 11.8. The molecule has 0 amide bonds. The highest BCUT2D eigenvalue weighted by Crippen LogP contribution is 2.34. The lowest BCUT2D eigenvalue weighted by Gasteiger charge is -2.18. The third-order valence-electron chi connectivity index (χ3n) is 3.55. The van der Waals surface area contributed by atoms with E-state index >= 15 is 0 Å². The van der Waals surface area contributed by atoms with E-state index in [1.54, 1.807) is 0 Å². The average Bonchev–Trinajstić information content (AvgIpc) is 2.79. The minimum atomic E-state index is 0.332. The van der Waals surface area contributed by atoms with Crippen LogP contribution in [0.15, 0.2) is 12.7 Å². The van der Waals surface area contributed by atoms with Crippen molar-refractivity contribution >= 4 is 5.78 Å². The van der Waals surface area contributed by atoms with Crippen LogP contribution in [0.5, 0.6) is 0 Å². The SMILES string of the molecule is C=CCCCC(=O)C1CC2CCC1N2. The number of rotatable bonds is 5. The molecule has 0 saturated carbocycles. The summed E-state index contributed by atoms with van der Waals surface area (Å²) in [5.41, 5.74) is 0. The summed E-state index contributed by atoms with van der Waals surface area (Å²) in [7, 11) is 0. The van der Waals surface area contributed by atoms with Crippen LogP contribution in [0.4, 0.5) is 0 Å². The molecular formula is C12H19NO. The first-order valence-electron chi connectivity index (χ1n) is 5.71. The van der Waals surface area contributed by atoms with E-state index in [0.29, 0.717) is 23.8 Å². The minimum Gasteiger partial charge on any atom is -0.310 e. The summed E-state index contributed by atoms with van der Waals surface area (Å²) < 4.78 is 0. The molecule has 2 saturated heterocycles. The molecule has 3 unspecified atom stereocenters. The second kappa shape index (κ2) is 4.26. The van der Waals surface area contributed by atoms with Gasteiger partial charge in [-0.3, -0.25) is 4.79 Å². The molecule has 0 aromatic rings. The van der Waals surface area contributed by atoms with Crippen LogP contribution in [-0.2, 0) is 4.79 Å². The summed E-state index contributed by atoms with van der Waals surface area (Å²) in [6.07, 6.45) is 8.19. The van der Waals surface area contributed by atoms with Crippen molar-refractivity contribution in [1.29, 1.82) is 0 Å². The van der Waals surface area contributed by atoms with Crippen molar-refractivity contribution in [3.05, 3.63) is 12.7 Å². The first-order valence-corrected chi connectivity index (χ1v) is 5.71. The zero-order chi connectivity index (χ0) is 9.97. The van der Waals surface area contributed by atoms with Gasteiger partial charge in [-0.25, -0.2) is 0 Å². The zero-order valence-electron chi connectivity index (χ0n) is 8.67. The summed E-state index contributed by atoms with van der Waals surface area (Å²) in [4.78, 5) is 11.8. The molecule has 2 heteroatoms. The summed E-state index contributed by atoms with van der Waals surface area (Å²) >= 11 is 0. The number of fused-ring (bicyclic) bond motifs is 2. The maximum absolute atomic E-state index is 11.8. The number of unbranched alkanes of at least 4 members (excludes halogenated alkanes) is 1. The molecule has 2 fully saturated rings. The van der Waals surface area contributed by atoms with Gasteiger partial charge in [0.05, 0.1) is 0 Å². The minimum absolute atomic E-state index is 0.332. The molecule has 3 atom stereocenters. The Morgan fingerprint density at radius 3 is 2.93 bits per heavy atom. The van der Waals surface area contributed by atoms with Crippen LogP contribution in [0, 0.1) is 5.92 Å². The van der Waals surface area contributed by atoms with E-state index in [1.807, 2.05) is 6.08 Å². The molecule has 0 aromatic carbocycles. The fourth-order valence-electron chi connectivity index (χ4n) is 2.79. The number of allylic oxidation sites excluding steroid dienone is 1.